The van der Waals surface area contributed by atoms with Gasteiger partial charge < -0.3 is 20.1 Å². The molecule has 1 aromatic rings. The number of rotatable bonds is 6. The molecule has 0 radical (unpaired) electrons. The number of methoxy groups -OCH3 is 1. The van der Waals surface area contributed by atoms with Crippen LogP contribution >= 0.6 is 0 Å². The lowest BCUT2D eigenvalue weighted by atomic mass is 10.0. The normalized spacial score (nSPS) is 25.6. The maximum atomic E-state index is 12.1. The van der Waals surface area contributed by atoms with E-state index in [1.807, 2.05) is 30.3 Å². The second-order valence-electron chi connectivity index (χ2n) is 6.46. The van der Waals surface area contributed by atoms with Gasteiger partial charge in [0.25, 0.3) is 0 Å². The molecule has 1 aromatic carbocycles. The van der Waals surface area contributed by atoms with Crippen LogP contribution in [0.3, 0.4) is 0 Å². The Kier molecular flexibility index (Phi) is 5.51. The van der Waals surface area contributed by atoms with E-state index in [0.717, 1.165) is 30.9 Å². The Bertz CT molecular complexity index is 504. The number of carbonyl (C=O) groups is 1. The molecule has 3 rings (SSSR count). The molecule has 0 bridgehead atoms. The fourth-order valence-corrected chi connectivity index (χ4v) is 3.18. The maximum Gasteiger partial charge on any atom is 0.315 e. The largest absolute Gasteiger partial charge is 0.378 e. The molecule has 1 saturated carbocycles. The summed E-state index contributed by atoms with van der Waals surface area (Å²) < 4.78 is 11.3. The first-order valence-electron chi connectivity index (χ1n) is 8.50. The fourth-order valence-electron chi connectivity index (χ4n) is 3.18. The SMILES string of the molecule is CO[C@H](CNC(=O)N[C@H]1CCO[C@H](C2CC2)C1)c1ccccc1. The van der Waals surface area contributed by atoms with Crippen LogP contribution in [0.5, 0.6) is 0 Å². The third-order valence-corrected chi connectivity index (χ3v) is 4.70. The zero-order valence-electron chi connectivity index (χ0n) is 13.7. The van der Waals surface area contributed by atoms with Crippen molar-refractivity contribution >= 4 is 6.03 Å². The van der Waals surface area contributed by atoms with Crippen molar-refractivity contribution in [3.8, 4) is 0 Å². The summed E-state index contributed by atoms with van der Waals surface area (Å²) in [6.45, 7) is 1.21. The van der Waals surface area contributed by atoms with Crippen molar-refractivity contribution in [3.63, 3.8) is 0 Å². The summed E-state index contributed by atoms with van der Waals surface area (Å²) in [4.78, 5) is 12.1. The van der Waals surface area contributed by atoms with E-state index in [2.05, 4.69) is 10.6 Å². The van der Waals surface area contributed by atoms with Gasteiger partial charge in [-0.2, -0.15) is 0 Å². The maximum absolute atomic E-state index is 12.1. The van der Waals surface area contributed by atoms with E-state index in [1.165, 1.54) is 12.8 Å². The zero-order chi connectivity index (χ0) is 16.1. The highest BCUT2D eigenvalue weighted by atomic mass is 16.5. The summed E-state index contributed by atoms with van der Waals surface area (Å²) >= 11 is 0. The molecule has 1 aliphatic heterocycles. The van der Waals surface area contributed by atoms with Crippen LogP contribution in [0.4, 0.5) is 4.79 Å². The summed E-state index contributed by atoms with van der Waals surface area (Å²) in [6.07, 6.45) is 4.58. The van der Waals surface area contributed by atoms with Gasteiger partial charge in [-0.25, -0.2) is 4.79 Å². The second-order valence-corrected chi connectivity index (χ2v) is 6.46. The topological polar surface area (TPSA) is 59.6 Å². The highest BCUT2D eigenvalue weighted by molar-refractivity contribution is 5.74. The van der Waals surface area contributed by atoms with Crippen molar-refractivity contribution in [2.75, 3.05) is 20.3 Å². The average molecular weight is 318 g/mol. The number of hydrogen-bond donors (Lipinski definition) is 2. The van der Waals surface area contributed by atoms with E-state index >= 15 is 0 Å². The highest BCUT2D eigenvalue weighted by Gasteiger charge is 2.36. The monoisotopic (exact) mass is 318 g/mol. The first-order valence-corrected chi connectivity index (χ1v) is 8.50. The number of urea groups is 1. The number of amides is 2. The smallest absolute Gasteiger partial charge is 0.315 e. The minimum atomic E-state index is -0.129. The Morgan fingerprint density at radius 1 is 1.30 bits per heavy atom. The Morgan fingerprint density at radius 2 is 2.09 bits per heavy atom. The molecule has 5 heteroatoms. The summed E-state index contributed by atoms with van der Waals surface area (Å²) in [7, 11) is 1.66. The van der Waals surface area contributed by atoms with Gasteiger partial charge >= 0.3 is 6.03 Å². The van der Waals surface area contributed by atoms with Gasteiger partial charge in [-0.1, -0.05) is 30.3 Å². The molecular formula is C18H26N2O3. The van der Waals surface area contributed by atoms with Crippen LogP contribution in [-0.4, -0.2) is 38.4 Å². The van der Waals surface area contributed by atoms with Crippen LogP contribution < -0.4 is 10.6 Å². The molecule has 0 unspecified atom stereocenters. The zero-order valence-corrected chi connectivity index (χ0v) is 13.7. The van der Waals surface area contributed by atoms with Crippen LogP contribution in [0.2, 0.25) is 0 Å². The number of nitrogens with one attached hydrogen (secondary N) is 2. The van der Waals surface area contributed by atoms with Gasteiger partial charge in [0.15, 0.2) is 0 Å². The van der Waals surface area contributed by atoms with Crippen molar-refractivity contribution < 1.29 is 14.3 Å². The minimum absolute atomic E-state index is 0.121. The number of carbonyl (C=O) groups excluding carboxylic acids is 1. The molecule has 5 nitrogen and oxygen atoms in total. The number of benzene rings is 1. The van der Waals surface area contributed by atoms with Gasteiger partial charge in [0.05, 0.1) is 12.2 Å². The lowest BCUT2D eigenvalue weighted by molar-refractivity contribution is -0.00921. The third kappa shape index (κ3) is 4.69. The van der Waals surface area contributed by atoms with Crippen molar-refractivity contribution in [2.24, 2.45) is 5.92 Å². The van der Waals surface area contributed by atoms with Gasteiger partial charge in [0.2, 0.25) is 0 Å². The van der Waals surface area contributed by atoms with Crippen molar-refractivity contribution in [1.29, 1.82) is 0 Å². The van der Waals surface area contributed by atoms with E-state index in [9.17, 15) is 4.79 Å². The molecule has 0 spiro atoms. The van der Waals surface area contributed by atoms with E-state index in [0.29, 0.717) is 12.6 Å². The molecule has 3 atom stereocenters. The van der Waals surface area contributed by atoms with Crippen molar-refractivity contribution in [3.05, 3.63) is 35.9 Å². The van der Waals surface area contributed by atoms with Crippen molar-refractivity contribution in [2.45, 2.75) is 43.9 Å². The third-order valence-electron chi connectivity index (χ3n) is 4.70. The fraction of sp³-hybridized carbons (Fsp3) is 0.611. The average Bonchev–Trinajstić information content (AvgIpc) is 3.42. The summed E-state index contributed by atoms with van der Waals surface area (Å²) in [5.74, 6) is 0.721. The molecule has 0 aromatic heterocycles. The minimum Gasteiger partial charge on any atom is -0.378 e. The molecule has 2 fully saturated rings. The molecule has 126 valence electrons. The van der Waals surface area contributed by atoms with E-state index < -0.39 is 0 Å². The molecule has 2 amide bonds. The molecule has 2 aliphatic rings. The predicted octanol–water partition coefficient (Wildman–Crippen LogP) is 2.63. The Morgan fingerprint density at radius 3 is 2.78 bits per heavy atom. The number of hydrogen-bond acceptors (Lipinski definition) is 3. The summed E-state index contributed by atoms with van der Waals surface area (Å²) in [5, 5.41) is 6.00. The first-order chi connectivity index (χ1) is 11.3. The van der Waals surface area contributed by atoms with Crippen LogP contribution in [0, 0.1) is 5.92 Å². The van der Waals surface area contributed by atoms with Gasteiger partial charge in [-0.05, 0) is 37.2 Å². The quantitative estimate of drug-likeness (QED) is 0.848. The highest BCUT2D eigenvalue weighted by Crippen LogP contribution is 2.38. The van der Waals surface area contributed by atoms with E-state index in [1.54, 1.807) is 7.11 Å². The Labute approximate surface area is 137 Å². The number of ether oxygens (including phenoxy) is 2. The Balaban J connectivity index is 1.43. The molecule has 23 heavy (non-hydrogen) atoms. The molecule has 1 heterocycles. The van der Waals surface area contributed by atoms with Crippen LogP contribution in [0.1, 0.15) is 37.4 Å². The van der Waals surface area contributed by atoms with Crippen LogP contribution in [-0.2, 0) is 9.47 Å². The van der Waals surface area contributed by atoms with Gasteiger partial charge in [0, 0.05) is 26.3 Å². The van der Waals surface area contributed by atoms with E-state index in [-0.39, 0.29) is 18.2 Å². The van der Waals surface area contributed by atoms with Crippen LogP contribution in [0.25, 0.3) is 0 Å². The van der Waals surface area contributed by atoms with Gasteiger partial charge in [-0.3, -0.25) is 0 Å². The van der Waals surface area contributed by atoms with Gasteiger partial charge in [0.1, 0.15) is 0 Å². The molecular weight excluding hydrogens is 292 g/mol. The standard InChI is InChI=1S/C18H26N2O3/c1-22-17(13-5-3-2-4-6-13)12-19-18(21)20-15-9-10-23-16(11-15)14-7-8-14/h2-6,14-17H,7-12H2,1H3,(H2,19,20,21)/t15-,16-,17+/m0/s1. The summed E-state index contributed by atoms with van der Waals surface area (Å²) in [6, 6.07) is 10.0. The first kappa shape index (κ1) is 16.3. The predicted molar refractivity (Wildman–Crippen MR) is 88.2 cm³/mol. The van der Waals surface area contributed by atoms with Gasteiger partial charge in [-0.15, -0.1) is 0 Å². The Hall–Kier alpha value is -1.59. The lowest BCUT2D eigenvalue weighted by Gasteiger charge is -2.30. The second kappa shape index (κ2) is 7.79. The molecule has 1 aliphatic carbocycles. The molecule has 2 N–H and O–H groups in total. The lowest BCUT2D eigenvalue weighted by Crippen LogP contribution is -2.47. The van der Waals surface area contributed by atoms with E-state index in [4.69, 9.17) is 9.47 Å². The van der Waals surface area contributed by atoms with Crippen molar-refractivity contribution in [1.82, 2.24) is 10.6 Å². The van der Waals surface area contributed by atoms with Crippen LogP contribution in [0.15, 0.2) is 30.3 Å². The molecule has 1 saturated heterocycles. The summed E-state index contributed by atoms with van der Waals surface area (Å²) in [5.41, 5.74) is 1.06.